The summed E-state index contributed by atoms with van der Waals surface area (Å²) in [5, 5.41) is 0.820. The van der Waals surface area contributed by atoms with E-state index in [1.165, 1.54) is 12.8 Å². The van der Waals surface area contributed by atoms with Crippen LogP contribution in [0.1, 0.15) is 36.5 Å². The third kappa shape index (κ3) is 3.95. The molecule has 1 unspecified atom stereocenters. The van der Waals surface area contributed by atoms with E-state index in [0.29, 0.717) is 22.0 Å². The molecule has 1 aromatic carbocycles. The number of piperidine rings is 1. The topological polar surface area (TPSA) is 20.3 Å². The number of hydrogen-bond acceptors (Lipinski definition) is 2. The van der Waals surface area contributed by atoms with Crippen molar-refractivity contribution >= 4 is 29.0 Å². The van der Waals surface area contributed by atoms with Crippen LogP contribution in [0.25, 0.3) is 0 Å². The van der Waals surface area contributed by atoms with Gasteiger partial charge in [0.2, 0.25) is 0 Å². The van der Waals surface area contributed by atoms with Gasteiger partial charge in [0.1, 0.15) is 0 Å². The third-order valence-electron chi connectivity index (χ3n) is 3.65. The van der Waals surface area contributed by atoms with Crippen molar-refractivity contribution in [3.63, 3.8) is 0 Å². The fourth-order valence-electron chi connectivity index (χ4n) is 2.60. The van der Waals surface area contributed by atoms with Crippen LogP contribution < -0.4 is 0 Å². The molecule has 0 N–H and O–H groups in total. The van der Waals surface area contributed by atoms with Gasteiger partial charge in [-0.3, -0.25) is 4.79 Å². The van der Waals surface area contributed by atoms with Crippen LogP contribution in [-0.2, 0) is 0 Å². The molecule has 0 aromatic heterocycles. The zero-order valence-electron chi connectivity index (χ0n) is 11.2. The molecule has 2 nitrogen and oxygen atoms in total. The van der Waals surface area contributed by atoms with E-state index in [4.69, 9.17) is 23.2 Å². The van der Waals surface area contributed by atoms with E-state index in [1.54, 1.807) is 18.2 Å². The number of ketones is 1. The average Bonchev–Trinajstić information content (AvgIpc) is 2.39. The molecule has 1 aromatic rings. The van der Waals surface area contributed by atoms with Gasteiger partial charge in [-0.2, -0.15) is 0 Å². The first-order valence-electron chi connectivity index (χ1n) is 6.77. The van der Waals surface area contributed by atoms with Gasteiger partial charge < -0.3 is 4.90 Å². The van der Waals surface area contributed by atoms with Gasteiger partial charge in [-0.15, -0.1) is 0 Å². The molecule has 0 amide bonds. The van der Waals surface area contributed by atoms with E-state index in [2.05, 4.69) is 11.8 Å². The smallest absolute Gasteiger partial charge is 0.165 e. The fraction of sp³-hybridized carbons (Fsp3) is 0.533. The number of rotatable bonds is 4. The zero-order chi connectivity index (χ0) is 13.8. The van der Waals surface area contributed by atoms with Crippen LogP contribution in [0.2, 0.25) is 10.0 Å². The summed E-state index contributed by atoms with van der Waals surface area (Å²) < 4.78 is 0. The number of halogens is 2. The van der Waals surface area contributed by atoms with Crippen LogP contribution in [0, 0.1) is 5.92 Å². The summed E-state index contributed by atoms with van der Waals surface area (Å²) in [4.78, 5) is 14.5. The van der Waals surface area contributed by atoms with Gasteiger partial charge in [0, 0.05) is 25.1 Å². The fourth-order valence-corrected chi connectivity index (χ4v) is 3.01. The van der Waals surface area contributed by atoms with Gasteiger partial charge in [-0.25, -0.2) is 0 Å². The van der Waals surface area contributed by atoms with E-state index in [9.17, 15) is 4.79 Å². The second-order valence-electron chi connectivity index (χ2n) is 5.32. The summed E-state index contributed by atoms with van der Waals surface area (Å²) >= 11 is 12.0. The van der Waals surface area contributed by atoms with Gasteiger partial charge in [-0.05, 0) is 37.4 Å². The molecule has 0 bridgehead atoms. The monoisotopic (exact) mass is 299 g/mol. The molecular formula is C15H19Cl2NO. The Bertz CT molecular complexity index is 461. The van der Waals surface area contributed by atoms with Crippen molar-refractivity contribution in [1.29, 1.82) is 0 Å². The Labute approximate surface area is 124 Å². The number of Topliss-reactive ketones (excluding diaryl/α,β-unsaturated/α-hetero) is 1. The lowest BCUT2D eigenvalue weighted by atomic mass is 9.99. The Balaban J connectivity index is 1.92. The molecule has 1 aliphatic heterocycles. The normalized spacial score (nSPS) is 20.5. The second-order valence-corrected chi connectivity index (χ2v) is 6.11. The predicted octanol–water partition coefficient (Wildman–Crippen LogP) is 4.30. The van der Waals surface area contributed by atoms with Crippen LogP contribution in [-0.4, -0.2) is 30.3 Å². The van der Waals surface area contributed by atoms with Gasteiger partial charge in [0.05, 0.1) is 10.0 Å². The molecule has 0 saturated carbocycles. The lowest BCUT2D eigenvalue weighted by Crippen LogP contribution is -2.35. The first-order valence-corrected chi connectivity index (χ1v) is 7.53. The number of likely N-dealkylation sites (tertiary alicyclic amines) is 1. The van der Waals surface area contributed by atoms with Crippen LogP contribution in [0.4, 0.5) is 0 Å². The molecule has 1 saturated heterocycles. The Morgan fingerprint density at radius 3 is 2.95 bits per heavy atom. The minimum Gasteiger partial charge on any atom is -0.303 e. The number of nitrogens with zero attached hydrogens (tertiary/aromatic N) is 1. The van der Waals surface area contributed by atoms with E-state index in [1.807, 2.05) is 0 Å². The highest BCUT2D eigenvalue weighted by Gasteiger charge is 2.18. The maximum absolute atomic E-state index is 12.2. The molecule has 104 valence electrons. The van der Waals surface area contributed by atoms with Gasteiger partial charge in [-0.1, -0.05) is 36.2 Å². The molecule has 1 fully saturated rings. The van der Waals surface area contributed by atoms with E-state index >= 15 is 0 Å². The molecule has 0 spiro atoms. The Hall–Kier alpha value is -0.570. The lowest BCUT2D eigenvalue weighted by molar-refractivity contribution is 0.0949. The molecular weight excluding hydrogens is 281 g/mol. The number of carbonyl (C=O) groups is 1. The molecule has 2 rings (SSSR count). The zero-order valence-corrected chi connectivity index (χ0v) is 12.7. The largest absolute Gasteiger partial charge is 0.303 e. The van der Waals surface area contributed by atoms with Crippen LogP contribution in [0.5, 0.6) is 0 Å². The summed E-state index contributed by atoms with van der Waals surface area (Å²) in [6.45, 7) is 5.27. The maximum atomic E-state index is 12.2. The Kier molecular flexibility index (Phi) is 5.26. The Morgan fingerprint density at radius 2 is 2.21 bits per heavy atom. The summed E-state index contributed by atoms with van der Waals surface area (Å²) in [5.74, 6) is 0.810. The van der Waals surface area contributed by atoms with Gasteiger partial charge in [0.25, 0.3) is 0 Å². The number of benzene rings is 1. The standard InChI is InChI=1S/C15H19Cl2NO/c1-11-4-3-8-18(10-11)9-7-14(19)12-5-2-6-13(16)15(12)17/h2,5-6,11H,3-4,7-10H2,1H3. The highest BCUT2D eigenvalue weighted by atomic mass is 35.5. The van der Waals surface area contributed by atoms with Crippen molar-refractivity contribution in [3.8, 4) is 0 Å². The third-order valence-corrected chi connectivity index (χ3v) is 4.47. The molecule has 1 aliphatic rings. The Morgan fingerprint density at radius 1 is 1.42 bits per heavy atom. The van der Waals surface area contributed by atoms with Crippen molar-refractivity contribution < 1.29 is 4.79 Å². The second kappa shape index (κ2) is 6.74. The minimum atomic E-state index is 0.0747. The predicted molar refractivity (Wildman–Crippen MR) is 80.2 cm³/mol. The molecule has 0 radical (unpaired) electrons. The van der Waals surface area contributed by atoms with Crippen molar-refractivity contribution in [2.45, 2.75) is 26.2 Å². The quantitative estimate of drug-likeness (QED) is 0.773. The highest BCUT2D eigenvalue weighted by Crippen LogP contribution is 2.26. The van der Waals surface area contributed by atoms with E-state index in [0.717, 1.165) is 25.6 Å². The summed E-state index contributed by atoms with van der Waals surface area (Å²) in [7, 11) is 0. The van der Waals surface area contributed by atoms with Gasteiger partial charge >= 0.3 is 0 Å². The summed E-state index contributed by atoms with van der Waals surface area (Å²) in [5.41, 5.74) is 0.541. The number of hydrogen-bond donors (Lipinski definition) is 0. The first-order chi connectivity index (χ1) is 9.08. The molecule has 4 heteroatoms. The van der Waals surface area contributed by atoms with E-state index in [-0.39, 0.29) is 5.78 Å². The van der Waals surface area contributed by atoms with Crippen LogP contribution >= 0.6 is 23.2 Å². The van der Waals surface area contributed by atoms with Crippen molar-refractivity contribution in [2.24, 2.45) is 5.92 Å². The van der Waals surface area contributed by atoms with Crippen molar-refractivity contribution in [2.75, 3.05) is 19.6 Å². The summed E-state index contributed by atoms with van der Waals surface area (Å²) in [6, 6.07) is 5.22. The van der Waals surface area contributed by atoms with Crippen LogP contribution in [0.3, 0.4) is 0 Å². The average molecular weight is 300 g/mol. The summed E-state index contributed by atoms with van der Waals surface area (Å²) in [6.07, 6.45) is 3.03. The first kappa shape index (κ1) is 14.8. The SMILES string of the molecule is CC1CCCN(CCC(=O)c2cccc(Cl)c2Cl)C1. The maximum Gasteiger partial charge on any atom is 0.165 e. The van der Waals surface area contributed by atoms with E-state index < -0.39 is 0 Å². The molecule has 1 atom stereocenters. The minimum absolute atomic E-state index is 0.0747. The van der Waals surface area contributed by atoms with Crippen LogP contribution in [0.15, 0.2) is 18.2 Å². The van der Waals surface area contributed by atoms with Crippen molar-refractivity contribution in [3.05, 3.63) is 33.8 Å². The van der Waals surface area contributed by atoms with Crippen molar-refractivity contribution in [1.82, 2.24) is 4.90 Å². The highest BCUT2D eigenvalue weighted by molar-refractivity contribution is 6.43. The van der Waals surface area contributed by atoms with Gasteiger partial charge in [0.15, 0.2) is 5.78 Å². The molecule has 19 heavy (non-hydrogen) atoms. The molecule has 0 aliphatic carbocycles. The number of carbonyl (C=O) groups excluding carboxylic acids is 1. The molecule has 1 heterocycles. The lowest BCUT2D eigenvalue weighted by Gasteiger charge is -2.30.